The monoisotopic (exact) mass is 374 g/mol. The van der Waals surface area contributed by atoms with Gasteiger partial charge in [-0.15, -0.1) is 0 Å². The molecule has 0 saturated carbocycles. The Kier molecular flexibility index (Phi) is 7.51. The lowest BCUT2D eigenvalue weighted by Gasteiger charge is -2.35. The molecule has 1 fully saturated rings. The lowest BCUT2D eigenvalue weighted by Crippen LogP contribution is -2.47. The molecule has 0 radical (unpaired) electrons. The lowest BCUT2D eigenvalue weighted by atomic mass is 9.85. The summed E-state index contributed by atoms with van der Waals surface area (Å²) in [5, 5.41) is 3.41. The summed E-state index contributed by atoms with van der Waals surface area (Å²) >= 11 is 0. The third-order valence-electron chi connectivity index (χ3n) is 5.14. The standard InChI is InChI=1S/C21H34N4O2/c1-5-23-20(25-12-6-7-16(14-25)13-19(22)26)24-15-21(2,3)17-8-10-18(27-4)11-9-17/h8-11,16H,5-7,12-15H2,1-4H3,(H2,22,26)(H,23,24). The summed E-state index contributed by atoms with van der Waals surface area (Å²) in [4.78, 5) is 18.5. The molecule has 1 saturated heterocycles. The SMILES string of the molecule is CCNC(=NCC(C)(C)c1ccc(OC)cc1)N1CCCC(CC(N)=O)C1. The maximum absolute atomic E-state index is 11.3. The van der Waals surface area contributed by atoms with Crippen LogP contribution in [0.15, 0.2) is 29.3 Å². The smallest absolute Gasteiger partial charge is 0.217 e. The first-order valence-electron chi connectivity index (χ1n) is 9.81. The Morgan fingerprint density at radius 3 is 2.67 bits per heavy atom. The van der Waals surface area contributed by atoms with Crippen LogP contribution < -0.4 is 15.8 Å². The number of primary amides is 1. The van der Waals surface area contributed by atoms with Crippen LogP contribution in [0.5, 0.6) is 5.75 Å². The normalized spacial score (nSPS) is 18.3. The zero-order chi connectivity index (χ0) is 19.9. The van der Waals surface area contributed by atoms with Crippen molar-refractivity contribution in [1.29, 1.82) is 0 Å². The summed E-state index contributed by atoms with van der Waals surface area (Å²) in [6, 6.07) is 8.19. The second-order valence-electron chi connectivity index (χ2n) is 7.91. The van der Waals surface area contributed by atoms with Gasteiger partial charge in [-0.1, -0.05) is 26.0 Å². The molecule has 6 nitrogen and oxygen atoms in total. The van der Waals surface area contributed by atoms with Crippen molar-refractivity contribution in [2.75, 3.05) is 33.3 Å². The highest BCUT2D eigenvalue weighted by Crippen LogP contribution is 2.26. The predicted molar refractivity (Wildman–Crippen MR) is 110 cm³/mol. The topological polar surface area (TPSA) is 80.0 Å². The first kappa shape index (κ1) is 21.1. The van der Waals surface area contributed by atoms with Gasteiger partial charge in [0, 0.05) is 31.5 Å². The third kappa shape index (κ3) is 6.15. The van der Waals surface area contributed by atoms with Crippen LogP contribution in [0.1, 0.15) is 45.6 Å². The van der Waals surface area contributed by atoms with Crippen molar-refractivity contribution in [3.05, 3.63) is 29.8 Å². The minimum atomic E-state index is -0.218. The minimum Gasteiger partial charge on any atom is -0.497 e. The molecule has 6 heteroatoms. The number of rotatable bonds is 7. The number of guanidine groups is 1. The summed E-state index contributed by atoms with van der Waals surface area (Å²) in [6.45, 7) is 9.77. The molecule has 3 N–H and O–H groups in total. The summed E-state index contributed by atoms with van der Waals surface area (Å²) < 4.78 is 5.25. The van der Waals surface area contributed by atoms with Gasteiger partial charge in [0.15, 0.2) is 5.96 Å². The molecule has 27 heavy (non-hydrogen) atoms. The molecular weight excluding hydrogens is 340 g/mol. The molecule has 2 rings (SSSR count). The number of likely N-dealkylation sites (tertiary alicyclic amines) is 1. The molecule has 0 aliphatic carbocycles. The van der Waals surface area contributed by atoms with E-state index in [4.69, 9.17) is 15.5 Å². The van der Waals surface area contributed by atoms with Crippen molar-refractivity contribution in [3.63, 3.8) is 0 Å². The number of nitrogens with one attached hydrogen (secondary N) is 1. The maximum Gasteiger partial charge on any atom is 0.217 e. The molecule has 0 aromatic heterocycles. The second kappa shape index (κ2) is 9.62. The zero-order valence-corrected chi connectivity index (χ0v) is 17.1. The number of nitrogens with zero attached hydrogens (tertiary/aromatic N) is 2. The highest BCUT2D eigenvalue weighted by molar-refractivity contribution is 5.80. The third-order valence-corrected chi connectivity index (χ3v) is 5.14. The maximum atomic E-state index is 11.3. The minimum absolute atomic E-state index is 0.0879. The first-order valence-corrected chi connectivity index (χ1v) is 9.81. The van der Waals surface area contributed by atoms with Gasteiger partial charge in [0.2, 0.25) is 5.91 Å². The average Bonchev–Trinajstić information content (AvgIpc) is 2.65. The predicted octanol–water partition coefficient (Wildman–Crippen LogP) is 2.53. The van der Waals surface area contributed by atoms with Gasteiger partial charge < -0.3 is 20.7 Å². The number of hydrogen-bond acceptors (Lipinski definition) is 3. The summed E-state index contributed by atoms with van der Waals surface area (Å²) in [6.07, 6.45) is 2.56. The van der Waals surface area contributed by atoms with E-state index in [1.54, 1.807) is 7.11 Å². The Morgan fingerprint density at radius 1 is 1.37 bits per heavy atom. The number of carbonyl (C=O) groups excluding carboxylic acids is 1. The lowest BCUT2D eigenvalue weighted by molar-refractivity contribution is -0.119. The van der Waals surface area contributed by atoms with E-state index in [1.165, 1.54) is 5.56 Å². The van der Waals surface area contributed by atoms with Crippen LogP contribution in [0.3, 0.4) is 0 Å². The zero-order valence-electron chi connectivity index (χ0n) is 17.1. The van der Waals surface area contributed by atoms with Gasteiger partial charge in [-0.2, -0.15) is 0 Å². The van der Waals surface area contributed by atoms with Gasteiger partial charge >= 0.3 is 0 Å². The average molecular weight is 375 g/mol. The molecule has 1 aliphatic rings. The van der Waals surface area contributed by atoms with E-state index in [9.17, 15) is 4.79 Å². The number of piperidine rings is 1. The fraction of sp³-hybridized carbons (Fsp3) is 0.619. The van der Waals surface area contributed by atoms with E-state index in [2.05, 4.69) is 43.1 Å². The molecular formula is C21H34N4O2. The van der Waals surface area contributed by atoms with E-state index in [1.807, 2.05) is 12.1 Å². The Morgan fingerprint density at radius 2 is 2.07 bits per heavy atom. The Labute approximate surface area is 163 Å². The molecule has 1 aliphatic heterocycles. The van der Waals surface area contributed by atoms with E-state index in [-0.39, 0.29) is 11.3 Å². The van der Waals surface area contributed by atoms with Crippen LogP contribution in [0.25, 0.3) is 0 Å². The van der Waals surface area contributed by atoms with Gasteiger partial charge in [-0.3, -0.25) is 9.79 Å². The molecule has 1 amide bonds. The highest BCUT2D eigenvalue weighted by atomic mass is 16.5. The molecule has 1 aromatic rings. The van der Waals surface area contributed by atoms with Gasteiger partial charge in [0.1, 0.15) is 5.75 Å². The van der Waals surface area contributed by atoms with Crippen LogP contribution in [-0.4, -0.2) is 50.1 Å². The number of amides is 1. The van der Waals surface area contributed by atoms with Crippen molar-refractivity contribution < 1.29 is 9.53 Å². The number of methoxy groups -OCH3 is 1. The number of ether oxygens (including phenoxy) is 1. The summed E-state index contributed by atoms with van der Waals surface area (Å²) in [5.41, 5.74) is 6.53. The van der Waals surface area contributed by atoms with Gasteiger partial charge in [0.25, 0.3) is 0 Å². The number of carbonyl (C=O) groups is 1. The van der Waals surface area contributed by atoms with Crippen LogP contribution in [0.4, 0.5) is 0 Å². The van der Waals surface area contributed by atoms with Crippen molar-refractivity contribution >= 4 is 11.9 Å². The number of nitrogens with two attached hydrogens (primary N) is 1. The molecule has 0 bridgehead atoms. The number of hydrogen-bond donors (Lipinski definition) is 2. The largest absolute Gasteiger partial charge is 0.497 e. The van der Waals surface area contributed by atoms with Crippen LogP contribution in [-0.2, 0) is 10.2 Å². The quantitative estimate of drug-likeness (QED) is 0.568. The fourth-order valence-corrected chi connectivity index (χ4v) is 3.54. The van der Waals surface area contributed by atoms with Crippen LogP contribution in [0, 0.1) is 5.92 Å². The van der Waals surface area contributed by atoms with E-state index in [0.29, 0.717) is 18.9 Å². The van der Waals surface area contributed by atoms with E-state index < -0.39 is 0 Å². The van der Waals surface area contributed by atoms with Crippen LogP contribution in [0.2, 0.25) is 0 Å². The summed E-state index contributed by atoms with van der Waals surface area (Å²) in [5.74, 6) is 1.88. The molecule has 1 aromatic carbocycles. The highest BCUT2D eigenvalue weighted by Gasteiger charge is 2.25. The number of aliphatic imine (C=N–C) groups is 1. The number of benzene rings is 1. The summed E-state index contributed by atoms with van der Waals surface area (Å²) in [7, 11) is 1.68. The van der Waals surface area contributed by atoms with Gasteiger partial charge in [-0.05, 0) is 43.4 Å². The molecule has 150 valence electrons. The second-order valence-corrected chi connectivity index (χ2v) is 7.91. The Bertz CT molecular complexity index is 640. The van der Waals surface area contributed by atoms with Gasteiger partial charge in [0.05, 0.1) is 13.7 Å². The first-order chi connectivity index (χ1) is 12.9. The molecule has 0 spiro atoms. The fourth-order valence-electron chi connectivity index (χ4n) is 3.54. The van der Waals surface area contributed by atoms with Crippen molar-refractivity contribution in [2.45, 2.75) is 45.4 Å². The van der Waals surface area contributed by atoms with Crippen molar-refractivity contribution in [3.8, 4) is 5.75 Å². The van der Waals surface area contributed by atoms with Crippen molar-refractivity contribution in [1.82, 2.24) is 10.2 Å². The van der Waals surface area contributed by atoms with Crippen molar-refractivity contribution in [2.24, 2.45) is 16.6 Å². The van der Waals surface area contributed by atoms with E-state index >= 15 is 0 Å². The van der Waals surface area contributed by atoms with Crippen LogP contribution >= 0.6 is 0 Å². The Balaban J connectivity index is 2.09. The van der Waals surface area contributed by atoms with E-state index in [0.717, 1.165) is 44.2 Å². The van der Waals surface area contributed by atoms with Gasteiger partial charge in [-0.25, -0.2) is 0 Å². The Hall–Kier alpha value is -2.24. The molecule has 1 heterocycles. The molecule has 1 atom stereocenters. The molecule has 1 unspecified atom stereocenters.